The van der Waals surface area contributed by atoms with Crippen LogP contribution in [0.15, 0.2) is 299 Å². The van der Waals surface area contributed by atoms with E-state index in [4.69, 9.17) is 30.4 Å². The van der Waals surface area contributed by atoms with Gasteiger partial charge in [-0.2, -0.15) is 0 Å². The third kappa shape index (κ3) is 25.8. The fourth-order valence-corrected chi connectivity index (χ4v) is 13.4. The number of carbonyl (C=O) groups excluding carboxylic acids is 5. The van der Waals surface area contributed by atoms with Crippen molar-refractivity contribution < 1.29 is 28.7 Å². The molecule has 10 heterocycles. The highest BCUT2D eigenvalue weighted by molar-refractivity contribution is 5.98. The lowest BCUT2D eigenvalue weighted by molar-refractivity contribution is -0.121. The molecule has 16 aromatic rings. The lowest BCUT2D eigenvalue weighted by Crippen LogP contribution is -2.25. The largest absolute Gasteiger partial charge is 0.367 e. The van der Waals surface area contributed by atoms with Gasteiger partial charge in [-0.15, -0.1) is 25.7 Å². The summed E-state index contributed by atoms with van der Waals surface area (Å²) >= 11 is 0. The van der Waals surface area contributed by atoms with Crippen molar-refractivity contribution in [2.75, 3.05) is 33.2 Å². The van der Waals surface area contributed by atoms with E-state index in [0.717, 1.165) is 102 Å². The van der Waals surface area contributed by atoms with E-state index in [1.165, 1.54) is 0 Å². The highest BCUT2D eigenvalue weighted by atomic mass is 16.5. The Morgan fingerprint density at radius 3 is 1.23 bits per heavy atom. The summed E-state index contributed by atoms with van der Waals surface area (Å²) in [6.45, 7) is 9.52. The number of nitrogens with one attached hydrogen (secondary N) is 5. The van der Waals surface area contributed by atoms with Crippen molar-refractivity contribution >= 4 is 69.4 Å². The number of fused-ring (bicyclic) bond motifs is 2. The SMILES string of the molecule is C#Cc1ccc(C(C)C(=O)Nc2ccnc(-c3ccccn3)n2)cc1.C#Cc1ccc(C(C)C(=O)Nc2nc(-c3ccccn3)ncc2C)cc1.C#Cc1ccc(COCC(=O)Nc2ccnc(-c3ccccn3)n2)cc1.C#Cc1ccc2c(c1)CCCC2C(=O)Nc1nc(-c2ccccn2)ncc1C.Cc1cnc(-c2ccccn2)nc1NC(=O)Cc1ccc2ccccc2c1. The lowest BCUT2D eigenvalue weighted by atomic mass is 9.81. The molecule has 5 amide bonds. The van der Waals surface area contributed by atoms with Crippen LogP contribution in [0.1, 0.15) is 117 Å². The second kappa shape index (κ2) is 46.0. The van der Waals surface area contributed by atoms with Gasteiger partial charge in [0.05, 0.1) is 30.8 Å². The highest BCUT2D eigenvalue weighted by Crippen LogP contribution is 2.34. The van der Waals surface area contributed by atoms with E-state index < -0.39 is 0 Å². The minimum atomic E-state index is -0.338. The monoisotopic (exact) mass is 1740 g/mol. The van der Waals surface area contributed by atoms with E-state index in [1.807, 2.05) is 247 Å². The zero-order chi connectivity index (χ0) is 92.5. The first-order valence-electron chi connectivity index (χ1n) is 41.9. The number of ether oxygens (including phenoxy) is 1. The van der Waals surface area contributed by atoms with Crippen LogP contribution in [0.4, 0.5) is 29.1 Å². The Hall–Kier alpha value is -17.7. The average Bonchev–Trinajstić information content (AvgIpc) is 0.793. The maximum atomic E-state index is 13.1. The number of hydrogen-bond acceptors (Lipinski definition) is 21. The molecule has 17 rings (SSSR count). The number of aromatic nitrogens is 15. The average molecular weight is 1740 g/mol. The minimum Gasteiger partial charge on any atom is -0.367 e. The van der Waals surface area contributed by atoms with Crippen molar-refractivity contribution in [2.24, 2.45) is 0 Å². The first-order chi connectivity index (χ1) is 64.3. The molecule has 0 fully saturated rings. The Balaban J connectivity index is 0.000000140. The molecule has 648 valence electrons. The van der Waals surface area contributed by atoms with Crippen LogP contribution in [-0.4, -0.2) is 111 Å². The number of amides is 5. The number of anilines is 5. The van der Waals surface area contributed by atoms with Crippen molar-refractivity contribution in [3.8, 4) is 107 Å². The summed E-state index contributed by atoms with van der Waals surface area (Å²) in [7, 11) is 0. The third-order valence-electron chi connectivity index (χ3n) is 20.6. The first-order valence-corrected chi connectivity index (χ1v) is 41.9. The topological polar surface area (TPSA) is 348 Å². The molecule has 0 aliphatic heterocycles. The highest BCUT2D eigenvalue weighted by Gasteiger charge is 2.28. The number of terminal acetylenes is 4. The Morgan fingerprint density at radius 1 is 0.379 bits per heavy atom. The van der Waals surface area contributed by atoms with Crippen molar-refractivity contribution in [1.82, 2.24) is 74.8 Å². The number of nitrogens with zero attached hydrogens (tertiary/aromatic N) is 15. The summed E-state index contributed by atoms with van der Waals surface area (Å²) < 4.78 is 5.42. The van der Waals surface area contributed by atoms with Crippen molar-refractivity contribution in [3.63, 3.8) is 0 Å². The predicted octanol–water partition coefficient (Wildman–Crippen LogP) is 17.6. The predicted molar refractivity (Wildman–Crippen MR) is 511 cm³/mol. The molecule has 0 spiro atoms. The van der Waals surface area contributed by atoms with Crippen LogP contribution in [0.5, 0.6) is 0 Å². The van der Waals surface area contributed by atoms with Crippen LogP contribution in [0.25, 0.3) is 68.4 Å². The maximum Gasteiger partial charge on any atom is 0.251 e. The van der Waals surface area contributed by atoms with Crippen LogP contribution in [0.3, 0.4) is 0 Å². The van der Waals surface area contributed by atoms with E-state index in [-0.39, 0.29) is 60.3 Å². The molecule has 0 saturated carbocycles. The number of rotatable bonds is 21. The van der Waals surface area contributed by atoms with E-state index >= 15 is 0 Å². The Kier molecular flexibility index (Phi) is 32.0. The van der Waals surface area contributed by atoms with Crippen LogP contribution >= 0.6 is 0 Å². The van der Waals surface area contributed by atoms with Crippen LogP contribution in [0.2, 0.25) is 0 Å². The molecule has 1 aliphatic carbocycles. The quantitative estimate of drug-likeness (QED) is 0.0417. The molecule has 26 heteroatoms. The van der Waals surface area contributed by atoms with E-state index in [2.05, 4.69) is 131 Å². The van der Waals surface area contributed by atoms with Crippen molar-refractivity contribution in [3.05, 3.63) is 371 Å². The summed E-state index contributed by atoms with van der Waals surface area (Å²) in [6.07, 6.45) is 41.2. The molecule has 5 N–H and O–H groups in total. The van der Waals surface area contributed by atoms with Crippen LogP contribution < -0.4 is 26.6 Å². The molecule has 0 saturated heterocycles. The van der Waals surface area contributed by atoms with Gasteiger partial charge < -0.3 is 31.3 Å². The summed E-state index contributed by atoms with van der Waals surface area (Å²) in [4.78, 5) is 127. The lowest BCUT2D eigenvalue weighted by Gasteiger charge is -2.25. The Labute approximate surface area is 764 Å². The molecular formula is C106H88N20O6. The van der Waals surface area contributed by atoms with Crippen molar-refractivity contribution in [2.45, 2.75) is 84.7 Å². The molecule has 6 aromatic carbocycles. The molecule has 0 bridgehead atoms. The zero-order valence-corrected chi connectivity index (χ0v) is 72.7. The summed E-state index contributed by atoms with van der Waals surface area (Å²) in [5.74, 6) is 13.4. The van der Waals surface area contributed by atoms with E-state index in [9.17, 15) is 24.0 Å². The Bertz CT molecular complexity index is 6900. The van der Waals surface area contributed by atoms with Gasteiger partial charge >= 0.3 is 0 Å². The number of hydrogen-bond donors (Lipinski definition) is 5. The summed E-state index contributed by atoms with van der Waals surface area (Å²) in [5, 5.41) is 16.6. The van der Waals surface area contributed by atoms with E-state index in [0.29, 0.717) is 93.3 Å². The molecule has 3 atom stereocenters. The molecule has 132 heavy (non-hydrogen) atoms. The molecule has 3 unspecified atom stereocenters. The molecule has 0 radical (unpaired) electrons. The van der Waals surface area contributed by atoms with Gasteiger partial charge in [0.15, 0.2) is 29.1 Å². The number of benzene rings is 6. The first kappa shape index (κ1) is 92.0. The number of pyridine rings is 5. The van der Waals surface area contributed by atoms with Gasteiger partial charge in [0.1, 0.15) is 64.2 Å². The maximum absolute atomic E-state index is 13.1. The fourth-order valence-electron chi connectivity index (χ4n) is 13.4. The summed E-state index contributed by atoms with van der Waals surface area (Å²) in [6, 6.07) is 73.1. The van der Waals surface area contributed by atoms with Gasteiger partial charge in [0, 0.05) is 101 Å². The smallest absolute Gasteiger partial charge is 0.251 e. The normalized spacial score (nSPS) is 11.8. The van der Waals surface area contributed by atoms with Gasteiger partial charge in [-0.25, -0.2) is 49.8 Å². The molecule has 26 nitrogen and oxygen atoms in total. The number of aryl methyl sites for hydroxylation is 4. The van der Waals surface area contributed by atoms with Gasteiger partial charge in [-0.1, -0.05) is 139 Å². The Morgan fingerprint density at radius 2 is 0.780 bits per heavy atom. The standard InChI is InChI=1S/C23H20N4O.C22H18N4O.C21H18N4O.C20H16N4O2.C20H16N4O/c1-3-16-10-11-18-17(13-16)7-6-8-19(18)23(28)27-21-15(2)14-25-22(26-21)20-9-4-5-12-24-20;1-15-14-24-22(19-8-4-5-11-23-19)26-21(15)25-20(27)13-16-9-10-17-6-2-3-7-18(17)12-16;1-4-16-8-10-17(11-9-16)15(3)21(26)25-19-14(2)13-23-20(24-19)18-7-5-6-12-22-18;1-2-15-6-8-16(9-7-15)13-26-14-19(25)23-18-10-12-22-20(24-18)17-5-3-4-11-21-17;1-3-15-7-9-16(10-8-15)14(2)20(25)24-18-11-13-22-19(23-18)17-6-4-5-12-21-17/h1,4-5,9-14,19H,6-8H2,2H3,(H,25,26,27,28);2-12,14H,13H2,1H3,(H,24,25,26,27);1,5-13,15H,2-3H3,(H,23,24,25,26);1,3-12H,13-14H2,(H,22,23,24,25);1,4-14H,2H3,(H,22,23,24,25). The van der Waals surface area contributed by atoms with Gasteiger partial charge in [0.2, 0.25) is 23.6 Å². The second-order valence-corrected chi connectivity index (χ2v) is 30.0. The second-order valence-electron chi connectivity index (χ2n) is 30.0. The fraction of sp³-hybridized carbons (Fsp3) is 0.132. The van der Waals surface area contributed by atoms with E-state index in [1.54, 1.807) is 80.2 Å². The van der Waals surface area contributed by atoms with Gasteiger partial charge in [-0.05, 0) is 219 Å². The zero-order valence-electron chi connectivity index (χ0n) is 72.7. The van der Waals surface area contributed by atoms with Gasteiger partial charge in [-0.3, -0.25) is 48.9 Å². The van der Waals surface area contributed by atoms with Crippen LogP contribution in [0, 0.1) is 70.1 Å². The van der Waals surface area contributed by atoms with Gasteiger partial charge in [0.25, 0.3) is 5.91 Å². The molecular weight excluding hydrogens is 1650 g/mol. The summed E-state index contributed by atoms with van der Waals surface area (Å²) in [5.41, 5.74) is 14.8. The molecule has 10 aromatic heterocycles. The molecule has 1 aliphatic rings. The minimum absolute atomic E-state index is 0.0526. The van der Waals surface area contributed by atoms with Crippen LogP contribution in [-0.2, 0) is 48.2 Å². The van der Waals surface area contributed by atoms with Crippen molar-refractivity contribution in [1.29, 1.82) is 0 Å². The number of carbonyl (C=O) groups is 5. The third-order valence-corrected chi connectivity index (χ3v) is 20.6.